The van der Waals surface area contributed by atoms with Crippen LogP contribution < -0.4 is 10.4 Å². The quantitative estimate of drug-likeness (QED) is 0.799. The summed E-state index contributed by atoms with van der Waals surface area (Å²) >= 11 is 0. The van der Waals surface area contributed by atoms with Crippen LogP contribution in [0.25, 0.3) is 0 Å². The Morgan fingerprint density at radius 3 is 3.06 bits per heavy atom. The highest BCUT2D eigenvalue weighted by Crippen LogP contribution is 2.19. The number of hydroxylamine groups is 1. The Bertz CT molecular complexity index is 385. The van der Waals surface area contributed by atoms with Crippen molar-refractivity contribution in [1.29, 1.82) is 0 Å². The molecule has 1 N–H and O–H groups in total. The molecule has 18 heavy (non-hydrogen) atoms. The average Bonchev–Trinajstić information content (AvgIpc) is 2.46. The Balaban J connectivity index is 1.94. The second kappa shape index (κ2) is 6.30. The van der Waals surface area contributed by atoms with Crippen molar-refractivity contribution in [1.82, 2.24) is 15.4 Å². The molecule has 1 fully saturated rings. The van der Waals surface area contributed by atoms with Crippen molar-refractivity contribution in [2.24, 2.45) is 5.92 Å². The number of hydrogen-bond donors (Lipinski definition) is 1. The second-order valence-corrected chi connectivity index (χ2v) is 4.23. The van der Waals surface area contributed by atoms with Gasteiger partial charge in [0.05, 0.1) is 12.5 Å². The van der Waals surface area contributed by atoms with Gasteiger partial charge in [-0.3, -0.25) is 9.63 Å². The molecule has 1 saturated heterocycles. The maximum Gasteiger partial charge on any atom is 0.248 e. The van der Waals surface area contributed by atoms with Crippen LogP contribution in [0.3, 0.4) is 0 Å². The lowest BCUT2D eigenvalue weighted by Gasteiger charge is -2.31. The lowest BCUT2D eigenvalue weighted by molar-refractivity contribution is -0.137. The molecule has 1 amide bonds. The normalized spacial score (nSPS) is 19.6. The number of anilines is 1. The van der Waals surface area contributed by atoms with Gasteiger partial charge in [-0.25, -0.2) is 15.4 Å². The van der Waals surface area contributed by atoms with Crippen LogP contribution in [0, 0.1) is 5.92 Å². The molecule has 6 heteroatoms. The molecule has 0 saturated carbocycles. The van der Waals surface area contributed by atoms with Gasteiger partial charge >= 0.3 is 0 Å². The highest BCUT2D eigenvalue weighted by Gasteiger charge is 2.27. The van der Waals surface area contributed by atoms with E-state index in [4.69, 9.17) is 4.84 Å². The maximum absolute atomic E-state index is 11.8. The molecule has 0 aromatic carbocycles. The minimum Gasteiger partial charge on any atom is -0.340 e. The van der Waals surface area contributed by atoms with E-state index in [2.05, 4.69) is 15.4 Å². The fourth-order valence-corrected chi connectivity index (χ4v) is 2.05. The number of piperidine rings is 1. The van der Waals surface area contributed by atoms with Crippen molar-refractivity contribution >= 4 is 11.9 Å². The number of carbonyl (C=O) groups excluding carboxylic acids is 1. The predicted molar refractivity (Wildman–Crippen MR) is 66.7 cm³/mol. The van der Waals surface area contributed by atoms with Gasteiger partial charge in [-0.1, -0.05) is 0 Å². The lowest BCUT2D eigenvalue weighted by atomic mass is 9.98. The number of aromatic nitrogens is 2. The first kappa shape index (κ1) is 12.8. The number of amides is 1. The summed E-state index contributed by atoms with van der Waals surface area (Å²) in [6.07, 6.45) is 5.27. The number of rotatable bonds is 4. The minimum atomic E-state index is -0.0610. The number of nitrogens with zero attached hydrogens (tertiary/aromatic N) is 3. The highest BCUT2D eigenvalue weighted by atomic mass is 16.6. The van der Waals surface area contributed by atoms with Gasteiger partial charge in [-0.15, -0.1) is 0 Å². The number of carbonyl (C=O) groups is 1. The molecule has 1 aromatic heterocycles. The first-order valence-electron chi connectivity index (χ1n) is 6.25. The fourth-order valence-electron chi connectivity index (χ4n) is 2.05. The van der Waals surface area contributed by atoms with E-state index in [1.807, 2.05) is 11.8 Å². The topological polar surface area (TPSA) is 67.3 Å². The van der Waals surface area contributed by atoms with Crippen LogP contribution in [0.5, 0.6) is 0 Å². The zero-order valence-electron chi connectivity index (χ0n) is 10.5. The van der Waals surface area contributed by atoms with E-state index >= 15 is 0 Å². The van der Waals surface area contributed by atoms with Crippen LogP contribution >= 0.6 is 0 Å². The van der Waals surface area contributed by atoms with Gasteiger partial charge in [0, 0.05) is 25.5 Å². The lowest BCUT2D eigenvalue weighted by Crippen LogP contribution is -2.43. The molecule has 0 radical (unpaired) electrons. The van der Waals surface area contributed by atoms with Gasteiger partial charge in [-0.05, 0) is 25.8 Å². The van der Waals surface area contributed by atoms with Crippen molar-refractivity contribution in [3.63, 3.8) is 0 Å². The summed E-state index contributed by atoms with van der Waals surface area (Å²) in [6.45, 7) is 3.85. The summed E-state index contributed by atoms with van der Waals surface area (Å²) in [4.78, 5) is 27.2. The molecular weight excluding hydrogens is 232 g/mol. The van der Waals surface area contributed by atoms with Crippen molar-refractivity contribution in [2.45, 2.75) is 19.8 Å². The summed E-state index contributed by atoms with van der Waals surface area (Å²) in [7, 11) is 0. The van der Waals surface area contributed by atoms with Crippen molar-refractivity contribution in [3.8, 4) is 0 Å². The van der Waals surface area contributed by atoms with Crippen molar-refractivity contribution in [2.75, 3.05) is 24.6 Å². The van der Waals surface area contributed by atoms with Crippen LogP contribution in [0.4, 0.5) is 5.95 Å². The Hall–Kier alpha value is -1.69. The largest absolute Gasteiger partial charge is 0.340 e. The van der Waals surface area contributed by atoms with E-state index in [0.29, 0.717) is 19.1 Å². The summed E-state index contributed by atoms with van der Waals surface area (Å²) in [5.74, 6) is 0.568. The monoisotopic (exact) mass is 250 g/mol. The van der Waals surface area contributed by atoms with Gasteiger partial charge in [0.1, 0.15) is 0 Å². The van der Waals surface area contributed by atoms with Crippen LogP contribution in [0.1, 0.15) is 19.8 Å². The Kier molecular flexibility index (Phi) is 4.46. The molecule has 1 atom stereocenters. The highest BCUT2D eigenvalue weighted by molar-refractivity contribution is 5.78. The molecule has 1 aliphatic heterocycles. The molecule has 0 unspecified atom stereocenters. The van der Waals surface area contributed by atoms with E-state index in [9.17, 15) is 4.79 Å². The van der Waals surface area contributed by atoms with E-state index in [0.717, 1.165) is 19.4 Å². The van der Waals surface area contributed by atoms with E-state index in [1.165, 1.54) is 0 Å². The summed E-state index contributed by atoms with van der Waals surface area (Å²) in [5.41, 5.74) is 2.47. The zero-order valence-corrected chi connectivity index (χ0v) is 10.5. The van der Waals surface area contributed by atoms with Crippen molar-refractivity contribution in [3.05, 3.63) is 18.5 Å². The predicted octanol–water partition coefficient (Wildman–Crippen LogP) is 0.761. The molecule has 2 rings (SSSR count). The molecule has 0 bridgehead atoms. The average molecular weight is 250 g/mol. The molecule has 1 aliphatic rings. The Labute approximate surface area is 106 Å². The maximum atomic E-state index is 11.8. The van der Waals surface area contributed by atoms with Crippen LogP contribution in [0.15, 0.2) is 18.5 Å². The summed E-state index contributed by atoms with van der Waals surface area (Å²) in [6, 6.07) is 1.78. The molecule has 0 spiro atoms. The van der Waals surface area contributed by atoms with Crippen molar-refractivity contribution < 1.29 is 9.63 Å². The molecule has 0 aliphatic carbocycles. The molecule has 2 heterocycles. The van der Waals surface area contributed by atoms with Gasteiger partial charge < -0.3 is 4.90 Å². The standard InChI is InChI=1S/C12H18N4O2/c1-2-18-15-11(17)10-5-3-8-16(9-10)12-13-6-4-7-14-12/h4,6-7,10H,2-3,5,8-9H2,1H3,(H,15,17)/t10-/m1/s1. The van der Waals surface area contributed by atoms with E-state index in [1.54, 1.807) is 18.5 Å². The zero-order chi connectivity index (χ0) is 12.8. The summed E-state index contributed by atoms with van der Waals surface area (Å²) in [5, 5.41) is 0. The molecule has 98 valence electrons. The second-order valence-electron chi connectivity index (χ2n) is 4.23. The Morgan fingerprint density at radius 2 is 2.33 bits per heavy atom. The van der Waals surface area contributed by atoms with Gasteiger partial charge in [-0.2, -0.15) is 0 Å². The van der Waals surface area contributed by atoms with Gasteiger partial charge in [0.15, 0.2) is 0 Å². The summed E-state index contributed by atoms with van der Waals surface area (Å²) < 4.78 is 0. The third-order valence-electron chi connectivity index (χ3n) is 2.94. The minimum absolute atomic E-state index is 0.0579. The molecular formula is C12H18N4O2. The van der Waals surface area contributed by atoms with Crippen LogP contribution in [-0.2, 0) is 9.63 Å². The first-order valence-corrected chi connectivity index (χ1v) is 6.25. The smallest absolute Gasteiger partial charge is 0.248 e. The molecule has 6 nitrogen and oxygen atoms in total. The molecule has 1 aromatic rings. The first-order chi connectivity index (χ1) is 8.81. The number of hydrogen-bond acceptors (Lipinski definition) is 5. The van der Waals surface area contributed by atoms with Crippen LogP contribution in [-0.4, -0.2) is 35.6 Å². The third-order valence-corrected chi connectivity index (χ3v) is 2.94. The fraction of sp³-hybridized carbons (Fsp3) is 0.583. The third kappa shape index (κ3) is 3.16. The number of nitrogens with one attached hydrogen (secondary N) is 1. The van der Waals surface area contributed by atoms with Crippen LogP contribution in [0.2, 0.25) is 0 Å². The van der Waals surface area contributed by atoms with Gasteiger partial charge in [0.25, 0.3) is 0 Å². The SMILES string of the molecule is CCONC(=O)[C@@H]1CCCN(c2ncccn2)C1. The van der Waals surface area contributed by atoms with Gasteiger partial charge in [0.2, 0.25) is 11.9 Å². The van der Waals surface area contributed by atoms with E-state index in [-0.39, 0.29) is 11.8 Å². The van der Waals surface area contributed by atoms with E-state index < -0.39 is 0 Å². The Morgan fingerprint density at radius 1 is 1.56 bits per heavy atom.